The predicted octanol–water partition coefficient (Wildman–Crippen LogP) is 3.65. The van der Waals surface area contributed by atoms with E-state index in [2.05, 4.69) is 36.5 Å². The van der Waals surface area contributed by atoms with Crippen LogP contribution in [0.1, 0.15) is 50.2 Å². The van der Waals surface area contributed by atoms with Crippen LogP contribution in [-0.4, -0.2) is 12.6 Å². The smallest absolute Gasteiger partial charge is 0.0723 e. The highest BCUT2D eigenvalue weighted by Gasteiger charge is 2.15. The summed E-state index contributed by atoms with van der Waals surface area (Å²) in [7, 11) is 0. The lowest BCUT2D eigenvalue weighted by Gasteiger charge is -2.14. The molecular weight excluding hydrogens is 222 g/mol. The predicted molar refractivity (Wildman–Crippen MR) is 75.5 cm³/mol. The largest absolute Gasteiger partial charge is 0.374 e. The summed E-state index contributed by atoms with van der Waals surface area (Å²) >= 11 is 0. The van der Waals surface area contributed by atoms with Gasteiger partial charge in [0.2, 0.25) is 0 Å². The Morgan fingerprint density at radius 1 is 1.17 bits per heavy atom. The second-order valence-corrected chi connectivity index (χ2v) is 5.16. The molecule has 1 aliphatic rings. The lowest BCUT2D eigenvalue weighted by Crippen LogP contribution is -2.16. The molecule has 18 heavy (non-hydrogen) atoms. The van der Waals surface area contributed by atoms with Crippen LogP contribution in [0.25, 0.3) is 0 Å². The van der Waals surface area contributed by atoms with Crippen molar-refractivity contribution >= 4 is 0 Å². The Hall–Kier alpha value is -0.860. The zero-order valence-corrected chi connectivity index (χ0v) is 11.5. The Balaban J connectivity index is 1.85. The van der Waals surface area contributed by atoms with Gasteiger partial charge < -0.3 is 10.1 Å². The summed E-state index contributed by atoms with van der Waals surface area (Å²) in [6.45, 7) is 5.01. The van der Waals surface area contributed by atoms with Crippen molar-refractivity contribution < 1.29 is 4.74 Å². The molecule has 1 saturated carbocycles. The Bertz CT molecular complexity index is 345. The normalized spacial score (nSPS) is 16.3. The van der Waals surface area contributed by atoms with Crippen LogP contribution in [0.5, 0.6) is 0 Å². The van der Waals surface area contributed by atoms with Gasteiger partial charge in [0.25, 0.3) is 0 Å². The van der Waals surface area contributed by atoms with Gasteiger partial charge in [0, 0.05) is 6.54 Å². The Kier molecular flexibility index (Phi) is 5.69. The molecule has 0 radical (unpaired) electrons. The fourth-order valence-corrected chi connectivity index (χ4v) is 2.53. The number of nitrogens with one attached hydrogen (secondary N) is 1. The van der Waals surface area contributed by atoms with Gasteiger partial charge >= 0.3 is 0 Å². The number of hydrogen-bond donors (Lipinski definition) is 1. The maximum absolute atomic E-state index is 6.01. The SMILES string of the molecule is CCCNCc1ccccc1COC1CCCC1. The minimum absolute atomic E-state index is 0.502. The van der Waals surface area contributed by atoms with E-state index in [4.69, 9.17) is 4.74 Å². The number of rotatable bonds is 7. The molecule has 2 rings (SSSR count). The van der Waals surface area contributed by atoms with Crippen molar-refractivity contribution in [3.8, 4) is 0 Å². The van der Waals surface area contributed by atoms with E-state index in [-0.39, 0.29) is 0 Å². The van der Waals surface area contributed by atoms with Crippen LogP contribution in [0.4, 0.5) is 0 Å². The highest BCUT2D eigenvalue weighted by molar-refractivity contribution is 5.26. The fourth-order valence-electron chi connectivity index (χ4n) is 2.53. The van der Waals surface area contributed by atoms with Gasteiger partial charge in [0.1, 0.15) is 0 Å². The standard InChI is InChI=1S/C16H25NO/c1-2-11-17-12-14-7-3-4-8-15(14)13-18-16-9-5-6-10-16/h3-4,7-8,16-17H,2,5-6,9-13H2,1H3. The van der Waals surface area contributed by atoms with Crippen LogP contribution in [0.2, 0.25) is 0 Å². The molecule has 0 saturated heterocycles. The lowest BCUT2D eigenvalue weighted by atomic mass is 10.1. The van der Waals surface area contributed by atoms with Crippen molar-refractivity contribution in [3.63, 3.8) is 0 Å². The second kappa shape index (κ2) is 7.55. The van der Waals surface area contributed by atoms with Crippen LogP contribution < -0.4 is 5.32 Å². The topological polar surface area (TPSA) is 21.3 Å². The van der Waals surface area contributed by atoms with Gasteiger partial charge in [-0.1, -0.05) is 44.0 Å². The van der Waals surface area contributed by atoms with Gasteiger partial charge in [0.15, 0.2) is 0 Å². The second-order valence-electron chi connectivity index (χ2n) is 5.16. The van der Waals surface area contributed by atoms with E-state index in [0.717, 1.165) is 19.7 Å². The van der Waals surface area contributed by atoms with Gasteiger partial charge in [-0.05, 0) is 36.9 Å². The average molecular weight is 247 g/mol. The lowest BCUT2D eigenvalue weighted by molar-refractivity contribution is 0.0452. The first-order valence-electron chi connectivity index (χ1n) is 7.29. The first-order chi connectivity index (χ1) is 8.90. The average Bonchev–Trinajstić information content (AvgIpc) is 2.91. The Labute approximate surface area is 111 Å². The van der Waals surface area contributed by atoms with Gasteiger partial charge in [-0.15, -0.1) is 0 Å². The van der Waals surface area contributed by atoms with Crippen LogP contribution in [0, 0.1) is 0 Å². The summed E-state index contributed by atoms with van der Waals surface area (Å²) in [5.74, 6) is 0. The number of benzene rings is 1. The van der Waals surface area contributed by atoms with E-state index >= 15 is 0 Å². The summed E-state index contributed by atoms with van der Waals surface area (Å²) in [5, 5.41) is 3.46. The van der Waals surface area contributed by atoms with E-state index in [0.29, 0.717) is 6.10 Å². The molecule has 0 spiro atoms. The molecule has 1 N–H and O–H groups in total. The van der Waals surface area contributed by atoms with Crippen molar-refractivity contribution in [3.05, 3.63) is 35.4 Å². The summed E-state index contributed by atoms with van der Waals surface area (Å²) < 4.78 is 6.01. The first-order valence-corrected chi connectivity index (χ1v) is 7.29. The molecule has 0 heterocycles. The molecule has 1 aromatic rings. The van der Waals surface area contributed by atoms with Crippen LogP contribution in [0.3, 0.4) is 0 Å². The summed E-state index contributed by atoms with van der Waals surface area (Å²) in [5.41, 5.74) is 2.72. The maximum atomic E-state index is 6.01. The van der Waals surface area contributed by atoms with Gasteiger partial charge in [0.05, 0.1) is 12.7 Å². The number of hydrogen-bond acceptors (Lipinski definition) is 2. The quantitative estimate of drug-likeness (QED) is 0.743. The van der Waals surface area contributed by atoms with Crippen molar-refractivity contribution in [2.75, 3.05) is 6.54 Å². The molecule has 0 unspecified atom stereocenters. The maximum Gasteiger partial charge on any atom is 0.0723 e. The fraction of sp³-hybridized carbons (Fsp3) is 0.625. The van der Waals surface area contributed by atoms with Crippen LogP contribution >= 0.6 is 0 Å². The van der Waals surface area contributed by atoms with E-state index in [1.807, 2.05) is 0 Å². The van der Waals surface area contributed by atoms with Crippen LogP contribution in [0.15, 0.2) is 24.3 Å². The molecule has 1 aromatic carbocycles. The number of ether oxygens (including phenoxy) is 1. The molecule has 0 amide bonds. The molecule has 1 fully saturated rings. The zero-order chi connectivity index (χ0) is 12.6. The summed E-state index contributed by atoms with van der Waals surface area (Å²) in [6, 6.07) is 8.62. The third kappa shape index (κ3) is 4.11. The van der Waals surface area contributed by atoms with Gasteiger partial charge in [-0.25, -0.2) is 0 Å². The highest BCUT2D eigenvalue weighted by atomic mass is 16.5. The third-order valence-electron chi connectivity index (χ3n) is 3.64. The molecular formula is C16H25NO. The van der Waals surface area contributed by atoms with Crippen LogP contribution in [-0.2, 0) is 17.9 Å². The van der Waals surface area contributed by atoms with E-state index < -0.39 is 0 Å². The summed E-state index contributed by atoms with van der Waals surface area (Å²) in [4.78, 5) is 0. The van der Waals surface area contributed by atoms with Gasteiger partial charge in [-0.2, -0.15) is 0 Å². The molecule has 2 nitrogen and oxygen atoms in total. The zero-order valence-electron chi connectivity index (χ0n) is 11.5. The molecule has 0 aliphatic heterocycles. The monoisotopic (exact) mass is 247 g/mol. The molecule has 0 aromatic heterocycles. The minimum Gasteiger partial charge on any atom is -0.374 e. The van der Waals surface area contributed by atoms with Crippen molar-refractivity contribution in [2.24, 2.45) is 0 Å². The third-order valence-corrected chi connectivity index (χ3v) is 3.64. The van der Waals surface area contributed by atoms with E-state index in [1.165, 1.54) is 43.2 Å². The molecule has 100 valence electrons. The molecule has 2 heteroatoms. The summed E-state index contributed by atoms with van der Waals surface area (Å²) in [6.07, 6.45) is 6.85. The van der Waals surface area contributed by atoms with E-state index in [9.17, 15) is 0 Å². The molecule has 1 aliphatic carbocycles. The Morgan fingerprint density at radius 2 is 1.89 bits per heavy atom. The highest BCUT2D eigenvalue weighted by Crippen LogP contribution is 2.22. The minimum atomic E-state index is 0.502. The van der Waals surface area contributed by atoms with Gasteiger partial charge in [-0.3, -0.25) is 0 Å². The van der Waals surface area contributed by atoms with E-state index in [1.54, 1.807) is 0 Å². The van der Waals surface area contributed by atoms with Crippen molar-refractivity contribution in [1.82, 2.24) is 5.32 Å². The molecule has 0 atom stereocenters. The van der Waals surface area contributed by atoms with Crippen molar-refractivity contribution in [2.45, 2.75) is 58.3 Å². The molecule has 0 bridgehead atoms. The Morgan fingerprint density at radius 3 is 2.61 bits per heavy atom. The van der Waals surface area contributed by atoms with Crippen molar-refractivity contribution in [1.29, 1.82) is 0 Å². The first kappa shape index (κ1) is 13.6.